The largest absolute Gasteiger partial charge is 0.469 e. The number of nitrogens with zero attached hydrogens (tertiary/aromatic N) is 1. The number of nitrogens with one attached hydrogen (secondary N) is 3. The lowest BCUT2D eigenvalue weighted by Gasteiger charge is -2.08. The summed E-state index contributed by atoms with van der Waals surface area (Å²) < 4.78 is 5.20. The van der Waals surface area contributed by atoms with E-state index in [1.54, 1.807) is 12.3 Å². The van der Waals surface area contributed by atoms with Gasteiger partial charge in [0.25, 0.3) is 5.56 Å². The Hall–Kier alpha value is -3.09. The summed E-state index contributed by atoms with van der Waals surface area (Å²) in [5.74, 6) is 1.45. The van der Waals surface area contributed by atoms with Crippen molar-refractivity contribution in [3.05, 3.63) is 58.8 Å². The van der Waals surface area contributed by atoms with Crippen LogP contribution in [-0.4, -0.2) is 29.2 Å². The first-order chi connectivity index (χ1) is 12.2. The Bertz CT molecular complexity index is 887. The van der Waals surface area contributed by atoms with Crippen molar-refractivity contribution < 1.29 is 9.21 Å². The molecule has 0 unspecified atom stereocenters. The Labute approximate surface area is 144 Å². The predicted octanol–water partition coefficient (Wildman–Crippen LogP) is 2.07. The van der Waals surface area contributed by atoms with E-state index in [1.165, 1.54) is 0 Å². The molecule has 3 N–H and O–H groups in total. The Kier molecular flexibility index (Phi) is 5.46. The summed E-state index contributed by atoms with van der Waals surface area (Å²) in [6, 6.07) is 11.0. The maximum Gasteiger partial charge on any atom is 0.272 e. The Morgan fingerprint density at radius 3 is 2.76 bits per heavy atom. The number of H-pyrrole nitrogens is 1. The average molecular weight is 340 g/mol. The van der Waals surface area contributed by atoms with Gasteiger partial charge in [0.05, 0.1) is 11.6 Å². The lowest BCUT2D eigenvalue weighted by molar-refractivity contribution is -0.121. The molecule has 0 atom stereocenters. The quantitative estimate of drug-likeness (QED) is 0.545. The third kappa shape index (κ3) is 4.47. The summed E-state index contributed by atoms with van der Waals surface area (Å²) in [6.07, 6.45) is 3.37. The van der Waals surface area contributed by atoms with Crippen LogP contribution in [-0.2, 0) is 11.2 Å². The summed E-state index contributed by atoms with van der Waals surface area (Å²) in [7, 11) is 0. The van der Waals surface area contributed by atoms with Crippen molar-refractivity contribution in [3.63, 3.8) is 0 Å². The van der Waals surface area contributed by atoms with Crippen LogP contribution in [0.3, 0.4) is 0 Å². The van der Waals surface area contributed by atoms with Gasteiger partial charge in [-0.05, 0) is 24.6 Å². The van der Waals surface area contributed by atoms with Crippen LogP contribution in [0.5, 0.6) is 0 Å². The summed E-state index contributed by atoms with van der Waals surface area (Å²) in [5.41, 5.74) is -0.204. The van der Waals surface area contributed by atoms with E-state index >= 15 is 0 Å². The van der Waals surface area contributed by atoms with Gasteiger partial charge in [-0.1, -0.05) is 18.2 Å². The van der Waals surface area contributed by atoms with Crippen LogP contribution < -0.4 is 16.2 Å². The van der Waals surface area contributed by atoms with Gasteiger partial charge in [0.2, 0.25) is 5.91 Å². The van der Waals surface area contributed by atoms with Gasteiger partial charge in [-0.15, -0.1) is 0 Å². The fraction of sp³-hybridized carbons (Fsp3) is 0.278. The average Bonchev–Trinajstić information content (AvgIpc) is 3.15. The van der Waals surface area contributed by atoms with Crippen LogP contribution in [0, 0.1) is 0 Å². The molecule has 2 aromatic heterocycles. The Balaban J connectivity index is 1.41. The summed E-state index contributed by atoms with van der Waals surface area (Å²) in [5, 5.41) is 14.0. The molecule has 1 aromatic carbocycles. The first-order valence-electron chi connectivity index (χ1n) is 8.24. The maximum absolute atomic E-state index is 11.8. The van der Waals surface area contributed by atoms with Gasteiger partial charge < -0.3 is 15.1 Å². The standard InChI is InChI=1S/C18H20N4O3/c23-16(9-8-13-5-3-12-25-13)19-10-4-11-20-17-14-6-1-2-7-15(14)18(24)22-21-17/h1-3,5-7,12H,4,8-11H2,(H,19,23)(H,20,21)(H,22,24). The van der Waals surface area contributed by atoms with E-state index in [4.69, 9.17) is 4.42 Å². The van der Waals surface area contributed by atoms with Gasteiger partial charge >= 0.3 is 0 Å². The highest BCUT2D eigenvalue weighted by atomic mass is 16.3. The lowest BCUT2D eigenvalue weighted by atomic mass is 10.2. The number of carbonyl (C=O) groups excluding carboxylic acids is 1. The van der Waals surface area contributed by atoms with Crippen molar-refractivity contribution in [2.45, 2.75) is 19.3 Å². The molecular formula is C18H20N4O3. The van der Waals surface area contributed by atoms with Crippen LogP contribution >= 0.6 is 0 Å². The number of aryl methyl sites for hydroxylation is 1. The zero-order valence-corrected chi connectivity index (χ0v) is 13.7. The predicted molar refractivity (Wildman–Crippen MR) is 95.5 cm³/mol. The van der Waals surface area contributed by atoms with Crippen LogP contribution in [0.4, 0.5) is 5.82 Å². The molecule has 0 saturated carbocycles. The number of furan rings is 1. The minimum absolute atomic E-state index is 0.00372. The minimum atomic E-state index is -0.204. The van der Waals surface area contributed by atoms with Crippen molar-refractivity contribution in [1.82, 2.24) is 15.5 Å². The second kappa shape index (κ2) is 8.14. The van der Waals surface area contributed by atoms with Gasteiger partial charge in [0.1, 0.15) is 5.76 Å². The zero-order chi connectivity index (χ0) is 17.5. The minimum Gasteiger partial charge on any atom is -0.469 e. The highest BCUT2D eigenvalue weighted by Gasteiger charge is 2.06. The first-order valence-corrected chi connectivity index (χ1v) is 8.24. The third-order valence-electron chi connectivity index (χ3n) is 3.84. The maximum atomic E-state index is 11.8. The van der Waals surface area contributed by atoms with Crippen molar-refractivity contribution >= 4 is 22.5 Å². The van der Waals surface area contributed by atoms with Crippen LogP contribution in [0.15, 0.2) is 51.9 Å². The molecule has 1 amide bonds. The summed E-state index contributed by atoms with van der Waals surface area (Å²) in [4.78, 5) is 23.5. The second-order valence-corrected chi connectivity index (χ2v) is 5.66. The molecule has 0 bridgehead atoms. The van der Waals surface area contributed by atoms with E-state index in [9.17, 15) is 9.59 Å². The van der Waals surface area contributed by atoms with E-state index in [1.807, 2.05) is 30.3 Å². The number of carbonyl (C=O) groups is 1. The number of amides is 1. The molecule has 0 radical (unpaired) electrons. The van der Waals surface area contributed by atoms with Crippen molar-refractivity contribution in [2.24, 2.45) is 0 Å². The van der Waals surface area contributed by atoms with Crippen molar-refractivity contribution in [3.8, 4) is 0 Å². The normalized spacial score (nSPS) is 10.7. The number of aromatic amines is 1. The number of hydrogen-bond acceptors (Lipinski definition) is 5. The molecule has 3 aromatic rings. The number of fused-ring (bicyclic) bond motifs is 1. The molecule has 2 heterocycles. The summed E-state index contributed by atoms with van der Waals surface area (Å²) >= 11 is 0. The zero-order valence-electron chi connectivity index (χ0n) is 13.7. The van der Waals surface area contributed by atoms with Gasteiger partial charge in [-0.25, -0.2) is 5.10 Å². The van der Waals surface area contributed by atoms with Crippen LogP contribution in [0.2, 0.25) is 0 Å². The number of aromatic nitrogens is 2. The number of rotatable bonds is 8. The van der Waals surface area contributed by atoms with Crippen LogP contribution in [0.25, 0.3) is 10.8 Å². The number of benzene rings is 1. The molecule has 7 heteroatoms. The highest BCUT2D eigenvalue weighted by molar-refractivity contribution is 5.90. The van der Waals surface area contributed by atoms with E-state index in [-0.39, 0.29) is 11.5 Å². The molecule has 3 rings (SSSR count). The molecule has 0 aliphatic carbocycles. The highest BCUT2D eigenvalue weighted by Crippen LogP contribution is 2.16. The van der Waals surface area contributed by atoms with Crippen molar-refractivity contribution in [1.29, 1.82) is 0 Å². The van der Waals surface area contributed by atoms with E-state index in [0.717, 1.165) is 17.6 Å². The van der Waals surface area contributed by atoms with Crippen LogP contribution in [0.1, 0.15) is 18.6 Å². The molecular weight excluding hydrogens is 320 g/mol. The third-order valence-corrected chi connectivity index (χ3v) is 3.84. The topological polar surface area (TPSA) is 100 Å². The summed E-state index contributed by atoms with van der Waals surface area (Å²) in [6.45, 7) is 1.22. The van der Waals surface area contributed by atoms with Crippen molar-refractivity contribution in [2.75, 3.05) is 18.4 Å². The Morgan fingerprint density at radius 2 is 1.96 bits per heavy atom. The van der Waals surface area contributed by atoms with E-state index in [2.05, 4.69) is 20.8 Å². The molecule has 0 saturated heterocycles. The Morgan fingerprint density at radius 1 is 1.12 bits per heavy atom. The molecule has 25 heavy (non-hydrogen) atoms. The van der Waals surface area contributed by atoms with E-state index < -0.39 is 0 Å². The smallest absolute Gasteiger partial charge is 0.272 e. The molecule has 0 spiro atoms. The fourth-order valence-electron chi connectivity index (χ4n) is 2.55. The first kappa shape index (κ1) is 16.8. The van der Waals surface area contributed by atoms with Gasteiger partial charge in [0.15, 0.2) is 5.82 Å². The van der Waals surface area contributed by atoms with E-state index in [0.29, 0.717) is 37.1 Å². The van der Waals surface area contributed by atoms with Gasteiger partial charge in [0, 0.05) is 31.3 Å². The monoisotopic (exact) mass is 340 g/mol. The molecule has 0 aliphatic heterocycles. The number of hydrogen-bond donors (Lipinski definition) is 3. The number of anilines is 1. The van der Waals surface area contributed by atoms with Gasteiger partial charge in [-0.2, -0.15) is 5.10 Å². The lowest BCUT2D eigenvalue weighted by Crippen LogP contribution is -2.26. The fourth-order valence-corrected chi connectivity index (χ4v) is 2.55. The van der Waals surface area contributed by atoms with Gasteiger partial charge in [-0.3, -0.25) is 9.59 Å². The second-order valence-electron chi connectivity index (χ2n) is 5.66. The molecule has 0 aliphatic rings. The molecule has 0 fully saturated rings. The molecule has 7 nitrogen and oxygen atoms in total. The molecule has 130 valence electrons. The SMILES string of the molecule is O=C(CCc1ccco1)NCCCNc1n[nH]c(=O)c2ccccc12.